The molecular formula is C13H14FN3O2. The summed E-state index contributed by atoms with van der Waals surface area (Å²) in [5, 5.41) is 0. The van der Waals surface area contributed by atoms with Crippen LogP contribution in [0, 0.1) is 12.7 Å². The molecule has 0 aliphatic rings. The summed E-state index contributed by atoms with van der Waals surface area (Å²) in [6.07, 6.45) is 1.02. The molecule has 0 radical (unpaired) electrons. The van der Waals surface area contributed by atoms with Crippen molar-refractivity contribution >= 4 is 5.82 Å². The molecule has 0 spiro atoms. The molecule has 1 N–H and O–H groups in total. The number of methoxy groups -OCH3 is 1. The van der Waals surface area contributed by atoms with Crippen molar-refractivity contribution in [2.75, 3.05) is 12.6 Å². The Hall–Kier alpha value is -2.21. The number of hydrogen-bond acceptors (Lipinski definition) is 5. The lowest BCUT2D eigenvalue weighted by Gasteiger charge is -2.08. The Labute approximate surface area is 110 Å². The summed E-state index contributed by atoms with van der Waals surface area (Å²) in [6.45, 7) is 2.30. The van der Waals surface area contributed by atoms with E-state index in [1.165, 1.54) is 12.7 Å². The van der Waals surface area contributed by atoms with Gasteiger partial charge in [-0.25, -0.2) is 14.9 Å². The maximum atomic E-state index is 13.4. The van der Waals surface area contributed by atoms with Crippen molar-refractivity contribution in [3.8, 4) is 6.01 Å². The fourth-order valence-corrected chi connectivity index (χ4v) is 1.39. The number of rotatable bonds is 5. The van der Waals surface area contributed by atoms with Gasteiger partial charge in [-0.05, 0) is 12.5 Å². The van der Waals surface area contributed by atoms with E-state index in [1.54, 1.807) is 0 Å². The molecule has 0 aliphatic carbocycles. The minimum Gasteiger partial charge on any atom is -0.467 e. The lowest BCUT2D eigenvalue weighted by molar-refractivity contribution is 0.176. The van der Waals surface area contributed by atoms with E-state index in [0.717, 1.165) is 11.8 Å². The van der Waals surface area contributed by atoms with Crippen molar-refractivity contribution in [3.05, 3.63) is 47.4 Å². The van der Waals surface area contributed by atoms with Gasteiger partial charge >= 0.3 is 6.01 Å². The molecule has 0 atom stereocenters. The second-order valence-electron chi connectivity index (χ2n) is 3.93. The first-order chi connectivity index (χ1) is 9.19. The molecule has 5 nitrogen and oxygen atoms in total. The van der Waals surface area contributed by atoms with Crippen LogP contribution in [0.15, 0.2) is 30.5 Å². The first kappa shape index (κ1) is 13.2. The van der Waals surface area contributed by atoms with E-state index >= 15 is 0 Å². The third kappa shape index (κ3) is 3.62. The lowest BCUT2D eigenvalue weighted by Crippen LogP contribution is -2.06. The second kappa shape index (κ2) is 6.10. The molecule has 0 saturated heterocycles. The minimum absolute atomic E-state index is 0.0565. The van der Waals surface area contributed by atoms with E-state index in [9.17, 15) is 4.39 Å². The first-order valence-corrected chi connectivity index (χ1v) is 5.69. The van der Waals surface area contributed by atoms with Crippen LogP contribution in [0.3, 0.4) is 0 Å². The number of aryl methyl sites for hydroxylation is 1. The average molecular weight is 263 g/mol. The van der Waals surface area contributed by atoms with Crippen LogP contribution in [-0.2, 0) is 11.4 Å². The fraction of sp³-hybridized carbons (Fsp3) is 0.231. The molecular weight excluding hydrogens is 249 g/mol. The Balaban J connectivity index is 1.93. The SMILES string of the molecule is COc1ncc(F)c(NOCc2ccc(C)cc2)n1. The van der Waals surface area contributed by atoms with Crippen LogP contribution in [0.2, 0.25) is 0 Å². The zero-order valence-electron chi connectivity index (χ0n) is 10.7. The fourth-order valence-electron chi connectivity index (χ4n) is 1.39. The van der Waals surface area contributed by atoms with E-state index in [0.29, 0.717) is 6.61 Å². The summed E-state index contributed by atoms with van der Waals surface area (Å²) in [5.74, 6) is -0.663. The van der Waals surface area contributed by atoms with E-state index in [1.807, 2.05) is 31.2 Å². The van der Waals surface area contributed by atoms with E-state index < -0.39 is 5.82 Å². The zero-order chi connectivity index (χ0) is 13.7. The molecule has 0 bridgehead atoms. The Morgan fingerprint density at radius 3 is 2.68 bits per heavy atom. The summed E-state index contributed by atoms with van der Waals surface area (Å²) >= 11 is 0. The normalized spacial score (nSPS) is 10.3. The van der Waals surface area contributed by atoms with Crippen molar-refractivity contribution in [1.82, 2.24) is 9.97 Å². The van der Waals surface area contributed by atoms with Gasteiger partial charge in [0.05, 0.1) is 19.9 Å². The predicted octanol–water partition coefficient (Wildman–Crippen LogP) is 2.48. The highest BCUT2D eigenvalue weighted by molar-refractivity contribution is 5.33. The summed E-state index contributed by atoms with van der Waals surface area (Å²) in [4.78, 5) is 12.6. The first-order valence-electron chi connectivity index (χ1n) is 5.69. The minimum atomic E-state index is -0.607. The molecule has 0 aliphatic heterocycles. The number of anilines is 1. The molecule has 2 aromatic rings. The Morgan fingerprint density at radius 1 is 1.26 bits per heavy atom. The van der Waals surface area contributed by atoms with Crippen molar-refractivity contribution in [1.29, 1.82) is 0 Å². The third-order valence-corrected chi connectivity index (χ3v) is 2.43. The molecule has 1 aromatic heterocycles. The number of halogens is 1. The van der Waals surface area contributed by atoms with Gasteiger partial charge in [0.2, 0.25) is 0 Å². The van der Waals surface area contributed by atoms with Crippen LogP contribution in [0.5, 0.6) is 6.01 Å². The Bertz CT molecular complexity index is 546. The third-order valence-electron chi connectivity index (χ3n) is 2.43. The van der Waals surface area contributed by atoms with Crippen molar-refractivity contribution in [2.45, 2.75) is 13.5 Å². The monoisotopic (exact) mass is 263 g/mol. The number of ether oxygens (including phenoxy) is 1. The summed E-state index contributed by atoms with van der Waals surface area (Å²) < 4.78 is 18.2. The van der Waals surface area contributed by atoms with Gasteiger partial charge < -0.3 is 4.74 Å². The van der Waals surface area contributed by atoms with E-state index in [-0.39, 0.29) is 11.8 Å². The molecule has 0 amide bonds. The highest BCUT2D eigenvalue weighted by atomic mass is 19.1. The molecule has 2 rings (SSSR count). The van der Waals surface area contributed by atoms with Crippen molar-refractivity contribution in [2.24, 2.45) is 0 Å². The highest BCUT2D eigenvalue weighted by Gasteiger charge is 2.06. The van der Waals surface area contributed by atoms with Gasteiger partial charge in [-0.15, -0.1) is 0 Å². The molecule has 100 valence electrons. The van der Waals surface area contributed by atoms with Crippen LogP contribution < -0.4 is 10.2 Å². The number of aromatic nitrogens is 2. The maximum Gasteiger partial charge on any atom is 0.318 e. The molecule has 1 aromatic carbocycles. The largest absolute Gasteiger partial charge is 0.467 e. The summed E-state index contributed by atoms with van der Waals surface area (Å²) in [6, 6.07) is 7.91. The van der Waals surface area contributed by atoms with Crippen LogP contribution in [0.1, 0.15) is 11.1 Å². The van der Waals surface area contributed by atoms with Gasteiger partial charge in [-0.2, -0.15) is 4.98 Å². The van der Waals surface area contributed by atoms with Gasteiger partial charge in [0.15, 0.2) is 11.6 Å². The second-order valence-corrected chi connectivity index (χ2v) is 3.93. The molecule has 0 saturated carbocycles. The zero-order valence-corrected chi connectivity index (χ0v) is 10.7. The molecule has 0 fully saturated rings. The lowest BCUT2D eigenvalue weighted by atomic mass is 10.2. The highest BCUT2D eigenvalue weighted by Crippen LogP contribution is 2.13. The van der Waals surface area contributed by atoms with Crippen LogP contribution in [0.25, 0.3) is 0 Å². The molecule has 6 heteroatoms. The number of nitrogens with zero attached hydrogens (tertiary/aromatic N) is 2. The van der Waals surface area contributed by atoms with E-state index in [2.05, 4.69) is 15.4 Å². The number of nitrogens with one attached hydrogen (secondary N) is 1. The van der Waals surface area contributed by atoms with Crippen molar-refractivity contribution in [3.63, 3.8) is 0 Å². The summed E-state index contributed by atoms with van der Waals surface area (Å²) in [5.41, 5.74) is 4.59. The van der Waals surface area contributed by atoms with Gasteiger partial charge in [0.25, 0.3) is 0 Å². The molecule has 0 unspecified atom stereocenters. The van der Waals surface area contributed by atoms with Crippen LogP contribution >= 0.6 is 0 Å². The Kier molecular flexibility index (Phi) is 4.25. The van der Waals surface area contributed by atoms with Gasteiger partial charge in [-0.3, -0.25) is 4.84 Å². The molecule has 1 heterocycles. The maximum absolute atomic E-state index is 13.4. The van der Waals surface area contributed by atoms with Crippen molar-refractivity contribution < 1.29 is 14.0 Å². The molecule has 19 heavy (non-hydrogen) atoms. The van der Waals surface area contributed by atoms with Gasteiger partial charge in [-0.1, -0.05) is 29.8 Å². The Morgan fingerprint density at radius 2 is 2.00 bits per heavy atom. The standard InChI is InChI=1S/C13H14FN3O2/c1-9-3-5-10(6-4-9)8-19-17-12-11(14)7-15-13(16-12)18-2/h3-7H,8H2,1-2H3,(H,15,16,17). The van der Waals surface area contributed by atoms with Gasteiger partial charge in [0.1, 0.15) is 0 Å². The van der Waals surface area contributed by atoms with Gasteiger partial charge in [0, 0.05) is 0 Å². The predicted molar refractivity (Wildman–Crippen MR) is 68.1 cm³/mol. The smallest absolute Gasteiger partial charge is 0.318 e. The van der Waals surface area contributed by atoms with Crippen LogP contribution in [0.4, 0.5) is 10.2 Å². The topological polar surface area (TPSA) is 56.3 Å². The van der Waals surface area contributed by atoms with Crippen LogP contribution in [-0.4, -0.2) is 17.1 Å². The van der Waals surface area contributed by atoms with E-state index in [4.69, 9.17) is 9.57 Å². The number of hydrogen-bond donors (Lipinski definition) is 1. The average Bonchev–Trinajstić information content (AvgIpc) is 2.43. The number of benzene rings is 1. The summed E-state index contributed by atoms with van der Waals surface area (Å²) in [7, 11) is 1.41. The quantitative estimate of drug-likeness (QED) is 0.840.